The standard InChI is InChI=1S/C16H15N3S/c1-10(2)16-18-14(7-15(20)19-16)13-9-17-8-11-5-3-4-6-12(11)13/h3-10H,1-2H3,(H,18,19,20). The second kappa shape index (κ2) is 5.13. The van der Waals surface area contributed by atoms with E-state index >= 15 is 0 Å². The maximum absolute atomic E-state index is 5.28. The molecule has 0 aliphatic heterocycles. The molecule has 0 radical (unpaired) electrons. The fraction of sp³-hybridized carbons (Fsp3) is 0.188. The first-order valence-electron chi connectivity index (χ1n) is 6.59. The van der Waals surface area contributed by atoms with Crippen molar-refractivity contribution in [1.82, 2.24) is 15.0 Å². The van der Waals surface area contributed by atoms with Gasteiger partial charge in [-0.25, -0.2) is 4.98 Å². The Kier molecular flexibility index (Phi) is 3.32. The third-order valence-corrected chi connectivity index (χ3v) is 3.48. The van der Waals surface area contributed by atoms with Crippen molar-refractivity contribution >= 4 is 23.0 Å². The first-order chi connectivity index (χ1) is 9.65. The fourth-order valence-electron chi connectivity index (χ4n) is 2.23. The van der Waals surface area contributed by atoms with Gasteiger partial charge < -0.3 is 4.98 Å². The van der Waals surface area contributed by atoms with E-state index in [0.29, 0.717) is 10.6 Å². The van der Waals surface area contributed by atoms with Gasteiger partial charge in [0.1, 0.15) is 10.5 Å². The van der Waals surface area contributed by atoms with Crippen molar-refractivity contribution in [3.63, 3.8) is 0 Å². The van der Waals surface area contributed by atoms with Crippen LogP contribution in [0.25, 0.3) is 22.0 Å². The third kappa shape index (κ3) is 2.34. The highest BCUT2D eigenvalue weighted by Gasteiger charge is 2.08. The van der Waals surface area contributed by atoms with Crippen LogP contribution in [-0.4, -0.2) is 15.0 Å². The van der Waals surface area contributed by atoms with Crippen LogP contribution in [0.4, 0.5) is 0 Å². The zero-order chi connectivity index (χ0) is 14.1. The van der Waals surface area contributed by atoms with E-state index in [0.717, 1.165) is 27.9 Å². The van der Waals surface area contributed by atoms with Crippen molar-refractivity contribution in [2.24, 2.45) is 0 Å². The molecule has 2 aromatic heterocycles. The van der Waals surface area contributed by atoms with Gasteiger partial charge in [-0.1, -0.05) is 50.3 Å². The van der Waals surface area contributed by atoms with E-state index in [4.69, 9.17) is 12.2 Å². The minimum Gasteiger partial charge on any atom is -0.343 e. The highest BCUT2D eigenvalue weighted by molar-refractivity contribution is 7.71. The van der Waals surface area contributed by atoms with Gasteiger partial charge in [0.05, 0.1) is 5.69 Å². The summed E-state index contributed by atoms with van der Waals surface area (Å²) in [5.41, 5.74) is 2.02. The molecule has 0 atom stereocenters. The maximum atomic E-state index is 5.28. The molecule has 0 unspecified atom stereocenters. The molecular formula is C16H15N3S. The number of aromatic nitrogens is 3. The molecule has 0 saturated carbocycles. The minimum atomic E-state index is 0.305. The summed E-state index contributed by atoms with van der Waals surface area (Å²) in [7, 11) is 0. The predicted octanol–water partition coefficient (Wildman–Crippen LogP) is 4.48. The molecule has 0 aliphatic rings. The van der Waals surface area contributed by atoms with Crippen molar-refractivity contribution in [3.05, 3.63) is 53.2 Å². The molecule has 0 aliphatic carbocycles. The maximum Gasteiger partial charge on any atom is 0.130 e. The van der Waals surface area contributed by atoms with E-state index in [1.165, 1.54) is 0 Å². The molecule has 1 aromatic carbocycles. The van der Waals surface area contributed by atoms with E-state index in [-0.39, 0.29) is 0 Å². The van der Waals surface area contributed by atoms with E-state index in [1.807, 2.05) is 30.6 Å². The lowest BCUT2D eigenvalue weighted by Gasteiger charge is -2.10. The van der Waals surface area contributed by atoms with Gasteiger partial charge in [-0.2, -0.15) is 0 Å². The molecule has 0 amide bonds. The molecule has 0 spiro atoms. The molecule has 0 bridgehead atoms. The monoisotopic (exact) mass is 281 g/mol. The highest BCUT2D eigenvalue weighted by Crippen LogP contribution is 2.26. The van der Waals surface area contributed by atoms with Gasteiger partial charge in [0.2, 0.25) is 0 Å². The summed E-state index contributed by atoms with van der Waals surface area (Å²) in [4.78, 5) is 12.1. The number of nitrogens with one attached hydrogen (secondary N) is 1. The molecule has 3 rings (SSSR count). The number of fused-ring (bicyclic) bond motifs is 1. The zero-order valence-corrected chi connectivity index (χ0v) is 12.2. The van der Waals surface area contributed by atoms with Crippen molar-refractivity contribution in [3.8, 4) is 11.3 Å². The van der Waals surface area contributed by atoms with E-state index in [2.05, 4.69) is 40.9 Å². The number of hydrogen-bond donors (Lipinski definition) is 1. The Morgan fingerprint density at radius 1 is 1.15 bits per heavy atom. The summed E-state index contributed by atoms with van der Waals surface area (Å²) >= 11 is 5.28. The molecule has 3 aromatic rings. The summed E-state index contributed by atoms with van der Waals surface area (Å²) < 4.78 is 0.607. The molecule has 0 saturated heterocycles. The van der Waals surface area contributed by atoms with Crippen LogP contribution in [0.3, 0.4) is 0 Å². The summed E-state index contributed by atoms with van der Waals surface area (Å²) in [6.45, 7) is 4.19. The van der Waals surface area contributed by atoms with Gasteiger partial charge in [-0.3, -0.25) is 4.98 Å². The Morgan fingerprint density at radius 3 is 2.75 bits per heavy atom. The fourth-order valence-corrected chi connectivity index (χ4v) is 2.44. The van der Waals surface area contributed by atoms with Gasteiger partial charge in [0.15, 0.2) is 0 Å². The van der Waals surface area contributed by atoms with E-state index < -0.39 is 0 Å². The van der Waals surface area contributed by atoms with Crippen molar-refractivity contribution in [1.29, 1.82) is 0 Å². The van der Waals surface area contributed by atoms with Gasteiger partial charge in [0.25, 0.3) is 0 Å². The summed E-state index contributed by atoms with van der Waals surface area (Å²) in [5, 5.41) is 2.28. The van der Waals surface area contributed by atoms with Gasteiger partial charge in [-0.05, 0) is 11.5 Å². The Hall–Kier alpha value is -2.07. The number of hydrogen-bond acceptors (Lipinski definition) is 3. The number of pyridine rings is 1. The number of aromatic amines is 1. The van der Waals surface area contributed by atoms with E-state index in [9.17, 15) is 0 Å². The van der Waals surface area contributed by atoms with Crippen LogP contribution >= 0.6 is 12.2 Å². The molecule has 20 heavy (non-hydrogen) atoms. The summed E-state index contributed by atoms with van der Waals surface area (Å²) in [6.07, 6.45) is 3.74. The SMILES string of the molecule is CC(C)c1nc(=S)cc(-c2cncc3ccccc23)[nH]1. The first kappa shape index (κ1) is 12.9. The zero-order valence-electron chi connectivity index (χ0n) is 11.4. The lowest BCUT2D eigenvalue weighted by atomic mass is 10.1. The summed E-state index contributed by atoms with van der Waals surface area (Å²) in [6, 6.07) is 10.1. The van der Waals surface area contributed by atoms with Crippen LogP contribution in [0.1, 0.15) is 25.6 Å². The number of benzene rings is 1. The Bertz CT molecular complexity index is 816. The van der Waals surface area contributed by atoms with E-state index in [1.54, 1.807) is 0 Å². The van der Waals surface area contributed by atoms with Crippen molar-refractivity contribution in [2.45, 2.75) is 19.8 Å². The molecule has 0 fully saturated rings. The van der Waals surface area contributed by atoms with Gasteiger partial charge in [0, 0.05) is 29.3 Å². The van der Waals surface area contributed by atoms with Crippen molar-refractivity contribution in [2.75, 3.05) is 0 Å². The van der Waals surface area contributed by atoms with Crippen LogP contribution < -0.4 is 0 Å². The Morgan fingerprint density at radius 2 is 1.95 bits per heavy atom. The molecular weight excluding hydrogens is 266 g/mol. The topological polar surface area (TPSA) is 41.6 Å². The second-order valence-corrected chi connectivity index (χ2v) is 5.50. The van der Waals surface area contributed by atoms with Crippen molar-refractivity contribution < 1.29 is 0 Å². The largest absolute Gasteiger partial charge is 0.343 e. The van der Waals surface area contributed by atoms with Crippen LogP contribution in [0.15, 0.2) is 42.7 Å². The Balaban J connectivity index is 2.28. The Labute approximate surface area is 122 Å². The number of nitrogens with zero attached hydrogens (tertiary/aromatic N) is 2. The number of H-pyrrole nitrogens is 1. The predicted molar refractivity (Wildman–Crippen MR) is 84.2 cm³/mol. The van der Waals surface area contributed by atoms with Crippen LogP contribution in [-0.2, 0) is 0 Å². The minimum absolute atomic E-state index is 0.305. The smallest absolute Gasteiger partial charge is 0.130 e. The first-order valence-corrected chi connectivity index (χ1v) is 7.00. The average molecular weight is 281 g/mol. The average Bonchev–Trinajstić information content (AvgIpc) is 2.46. The quantitative estimate of drug-likeness (QED) is 0.704. The second-order valence-electron chi connectivity index (χ2n) is 5.08. The molecule has 1 N–H and O–H groups in total. The summed E-state index contributed by atoms with van der Waals surface area (Å²) in [5.74, 6) is 1.21. The van der Waals surface area contributed by atoms with Gasteiger partial charge in [-0.15, -0.1) is 0 Å². The van der Waals surface area contributed by atoms with Crippen LogP contribution in [0.5, 0.6) is 0 Å². The number of rotatable bonds is 2. The lowest BCUT2D eigenvalue weighted by Crippen LogP contribution is -1.99. The van der Waals surface area contributed by atoms with Crippen LogP contribution in [0, 0.1) is 4.64 Å². The van der Waals surface area contributed by atoms with Crippen LogP contribution in [0.2, 0.25) is 0 Å². The molecule has 100 valence electrons. The highest BCUT2D eigenvalue weighted by atomic mass is 32.1. The lowest BCUT2D eigenvalue weighted by molar-refractivity contribution is 0.773. The molecule has 3 nitrogen and oxygen atoms in total. The normalized spacial score (nSPS) is 11.2. The molecule has 4 heteroatoms. The third-order valence-electron chi connectivity index (χ3n) is 3.27. The van der Waals surface area contributed by atoms with Gasteiger partial charge >= 0.3 is 0 Å². The molecule has 2 heterocycles.